The van der Waals surface area contributed by atoms with Crippen LogP contribution >= 0.6 is 11.3 Å². The molecule has 0 bridgehead atoms. The average Bonchev–Trinajstić information content (AvgIpc) is 3.04. The lowest BCUT2D eigenvalue weighted by molar-refractivity contribution is -0.122. The van der Waals surface area contributed by atoms with Gasteiger partial charge in [0.25, 0.3) is 5.91 Å². The van der Waals surface area contributed by atoms with Crippen molar-refractivity contribution in [3.8, 4) is 0 Å². The Labute approximate surface area is 168 Å². The first-order valence-corrected chi connectivity index (χ1v) is 12.1. The highest BCUT2D eigenvalue weighted by Crippen LogP contribution is 2.28. The number of aryl methyl sites for hydroxylation is 1. The molecule has 0 radical (unpaired) electrons. The molecule has 0 spiro atoms. The molecule has 1 unspecified atom stereocenters. The van der Waals surface area contributed by atoms with Crippen LogP contribution in [-0.4, -0.2) is 42.5 Å². The molecular formula is C20H23N3O3S2. The second-order valence-electron chi connectivity index (χ2n) is 7.17. The molecule has 1 aromatic heterocycles. The average molecular weight is 418 g/mol. The molecule has 2 aromatic carbocycles. The summed E-state index contributed by atoms with van der Waals surface area (Å²) >= 11 is 1.52. The Hall–Kier alpha value is -2.03. The Balaban J connectivity index is 1.76. The normalized spacial score (nSPS) is 19.5. The van der Waals surface area contributed by atoms with Crippen LogP contribution in [0.3, 0.4) is 0 Å². The SMILES string of the molecule is CCn1c(=NC(=O)C2CCCN(S(C)(=O)=O)C2)sc2c3ccccc3ccc21. The highest BCUT2D eigenvalue weighted by atomic mass is 32.2. The molecule has 1 amide bonds. The van der Waals surface area contributed by atoms with Crippen LogP contribution < -0.4 is 4.80 Å². The number of rotatable bonds is 3. The van der Waals surface area contributed by atoms with Gasteiger partial charge in [-0.2, -0.15) is 4.99 Å². The molecule has 148 valence electrons. The van der Waals surface area contributed by atoms with Gasteiger partial charge in [-0.1, -0.05) is 41.7 Å². The summed E-state index contributed by atoms with van der Waals surface area (Å²) in [5, 5.41) is 2.32. The molecule has 0 saturated carbocycles. The van der Waals surface area contributed by atoms with Crippen molar-refractivity contribution in [3.63, 3.8) is 0 Å². The fourth-order valence-corrected chi connectivity index (χ4v) is 5.97. The Bertz CT molecular complexity index is 1220. The fraction of sp³-hybridized carbons (Fsp3) is 0.400. The van der Waals surface area contributed by atoms with Crippen LogP contribution in [-0.2, 0) is 21.4 Å². The van der Waals surface area contributed by atoms with Crippen molar-refractivity contribution in [3.05, 3.63) is 41.2 Å². The number of fused-ring (bicyclic) bond motifs is 3. The Kier molecular flexibility index (Phi) is 5.11. The molecule has 1 aliphatic rings. The standard InChI is InChI=1S/C20H23N3O3S2/c1-3-23-17-11-10-14-7-4-5-9-16(14)18(17)27-20(23)21-19(24)15-8-6-12-22(13-15)28(2,25)26/h4-5,7,9-11,15H,3,6,8,12-13H2,1-2H3. The molecule has 2 heterocycles. The molecule has 1 aliphatic heterocycles. The predicted molar refractivity (Wildman–Crippen MR) is 113 cm³/mol. The van der Waals surface area contributed by atoms with Crippen LogP contribution in [0.15, 0.2) is 41.4 Å². The lowest BCUT2D eigenvalue weighted by Gasteiger charge is -2.28. The van der Waals surface area contributed by atoms with Crippen LogP contribution in [0.5, 0.6) is 0 Å². The first kappa shape index (κ1) is 19.3. The van der Waals surface area contributed by atoms with Crippen molar-refractivity contribution in [2.24, 2.45) is 10.9 Å². The second-order valence-corrected chi connectivity index (χ2v) is 10.1. The third-order valence-electron chi connectivity index (χ3n) is 5.30. The number of hydrogen-bond acceptors (Lipinski definition) is 4. The van der Waals surface area contributed by atoms with E-state index in [1.54, 1.807) is 0 Å². The van der Waals surface area contributed by atoms with Gasteiger partial charge in [-0.25, -0.2) is 12.7 Å². The van der Waals surface area contributed by atoms with Gasteiger partial charge in [-0.15, -0.1) is 0 Å². The van der Waals surface area contributed by atoms with E-state index in [9.17, 15) is 13.2 Å². The predicted octanol–water partition coefficient (Wildman–Crippen LogP) is 2.97. The van der Waals surface area contributed by atoms with E-state index in [2.05, 4.69) is 33.8 Å². The second kappa shape index (κ2) is 7.42. The van der Waals surface area contributed by atoms with E-state index in [0.29, 0.717) is 30.7 Å². The minimum atomic E-state index is -3.29. The van der Waals surface area contributed by atoms with Crippen LogP contribution in [0.4, 0.5) is 0 Å². The van der Waals surface area contributed by atoms with Crippen molar-refractivity contribution in [1.82, 2.24) is 8.87 Å². The molecule has 3 aromatic rings. The molecule has 1 fully saturated rings. The molecule has 6 nitrogen and oxygen atoms in total. The summed E-state index contributed by atoms with van der Waals surface area (Å²) in [6.45, 7) is 3.45. The number of nitrogens with zero attached hydrogens (tertiary/aromatic N) is 3. The topological polar surface area (TPSA) is 71.7 Å². The van der Waals surface area contributed by atoms with Crippen LogP contribution in [0, 0.1) is 5.92 Å². The van der Waals surface area contributed by atoms with Gasteiger partial charge in [-0.3, -0.25) is 4.79 Å². The minimum Gasteiger partial charge on any atom is -0.317 e. The van der Waals surface area contributed by atoms with E-state index < -0.39 is 10.0 Å². The van der Waals surface area contributed by atoms with Gasteiger partial charge < -0.3 is 4.57 Å². The van der Waals surface area contributed by atoms with Gasteiger partial charge in [-0.05, 0) is 31.2 Å². The number of carbonyl (C=O) groups is 1. The summed E-state index contributed by atoms with van der Waals surface area (Å²) in [7, 11) is -3.29. The fourth-order valence-electron chi connectivity index (χ4n) is 3.82. The number of piperidine rings is 1. The van der Waals surface area contributed by atoms with Crippen molar-refractivity contribution in [1.29, 1.82) is 0 Å². The number of carbonyl (C=O) groups excluding carboxylic acids is 1. The maximum absolute atomic E-state index is 12.9. The zero-order valence-corrected chi connectivity index (χ0v) is 17.6. The summed E-state index contributed by atoms with van der Waals surface area (Å²) < 4.78 is 28.2. The zero-order chi connectivity index (χ0) is 19.9. The molecule has 0 aliphatic carbocycles. The lowest BCUT2D eigenvalue weighted by Crippen LogP contribution is -2.41. The molecule has 8 heteroatoms. The van der Waals surface area contributed by atoms with Gasteiger partial charge >= 0.3 is 0 Å². The quantitative estimate of drug-likeness (QED) is 0.658. The molecule has 0 N–H and O–H groups in total. The maximum Gasteiger partial charge on any atom is 0.252 e. The van der Waals surface area contributed by atoms with Gasteiger partial charge in [0.15, 0.2) is 4.80 Å². The Morgan fingerprint density at radius 1 is 1.25 bits per heavy atom. The van der Waals surface area contributed by atoms with E-state index >= 15 is 0 Å². The zero-order valence-electron chi connectivity index (χ0n) is 16.0. The van der Waals surface area contributed by atoms with Crippen molar-refractivity contribution in [2.45, 2.75) is 26.3 Å². The minimum absolute atomic E-state index is 0.223. The summed E-state index contributed by atoms with van der Waals surface area (Å²) in [6, 6.07) is 12.4. The highest BCUT2D eigenvalue weighted by molar-refractivity contribution is 7.88. The smallest absolute Gasteiger partial charge is 0.252 e. The molecule has 1 saturated heterocycles. The largest absolute Gasteiger partial charge is 0.317 e. The van der Waals surface area contributed by atoms with E-state index in [0.717, 1.165) is 21.0 Å². The van der Waals surface area contributed by atoms with E-state index in [4.69, 9.17) is 0 Å². The van der Waals surface area contributed by atoms with Crippen LogP contribution in [0.1, 0.15) is 19.8 Å². The van der Waals surface area contributed by atoms with Crippen molar-refractivity contribution >= 4 is 48.3 Å². The van der Waals surface area contributed by atoms with Crippen molar-refractivity contribution in [2.75, 3.05) is 19.3 Å². The van der Waals surface area contributed by atoms with Crippen LogP contribution in [0.25, 0.3) is 21.0 Å². The van der Waals surface area contributed by atoms with Crippen LogP contribution in [0.2, 0.25) is 0 Å². The molecular weight excluding hydrogens is 394 g/mol. The lowest BCUT2D eigenvalue weighted by atomic mass is 9.99. The van der Waals surface area contributed by atoms with E-state index in [1.807, 2.05) is 19.1 Å². The van der Waals surface area contributed by atoms with Gasteiger partial charge in [0.05, 0.1) is 22.4 Å². The first-order valence-electron chi connectivity index (χ1n) is 9.43. The third-order valence-corrected chi connectivity index (χ3v) is 7.70. The summed E-state index contributed by atoms with van der Waals surface area (Å²) in [5.74, 6) is -0.609. The van der Waals surface area contributed by atoms with E-state index in [-0.39, 0.29) is 18.4 Å². The van der Waals surface area contributed by atoms with Gasteiger partial charge in [0.1, 0.15) is 0 Å². The van der Waals surface area contributed by atoms with Gasteiger partial charge in [0.2, 0.25) is 10.0 Å². The molecule has 28 heavy (non-hydrogen) atoms. The number of hydrogen-bond donors (Lipinski definition) is 0. The monoisotopic (exact) mass is 417 g/mol. The summed E-state index contributed by atoms with van der Waals surface area (Å²) in [4.78, 5) is 18.0. The molecule has 4 rings (SSSR count). The third kappa shape index (κ3) is 3.52. The number of benzene rings is 2. The summed E-state index contributed by atoms with van der Waals surface area (Å²) in [6.07, 6.45) is 2.55. The molecule has 1 atom stereocenters. The Morgan fingerprint density at radius 2 is 2.04 bits per heavy atom. The van der Waals surface area contributed by atoms with Gasteiger partial charge in [0, 0.05) is 25.0 Å². The number of aromatic nitrogens is 1. The van der Waals surface area contributed by atoms with Crippen molar-refractivity contribution < 1.29 is 13.2 Å². The number of amides is 1. The first-order chi connectivity index (χ1) is 13.4. The van der Waals surface area contributed by atoms with E-state index in [1.165, 1.54) is 21.9 Å². The maximum atomic E-state index is 12.9. The number of thiazole rings is 1. The number of sulfonamides is 1. The Morgan fingerprint density at radius 3 is 2.79 bits per heavy atom. The highest BCUT2D eigenvalue weighted by Gasteiger charge is 2.30. The summed E-state index contributed by atoms with van der Waals surface area (Å²) in [5.41, 5.74) is 1.07.